The quantitative estimate of drug-likeness (QED) is 0.446. The van der Waals surface area contributed by atoms with E-state index in [1.165, 1.54) is 17.8 Å². The largest absolute Gasteiger partial charge is 0.348 e. The minimum Gasteiger partial charge on any atom is -0.348 e. The lowest BCUT2D eigenvalue weighted by Gasteiger charge is -2.22. The van der Waals surface area contributed by atoms with Gasteiger partial charge < -0.3 is 9.88 Å². The third-order valence-electron chi connectivity index (χ3n) is 6.37. The highest BCUT2D eigenvalue weighted by Gasteiger charge is 2.26. The number of halogens is 2. The van der Waals surface area contributed by atoms with Crippen molar-refractivity contribution in [2.24, 2.45) is 0 Å². The van der Waals surface area contributed by atoms with Crippen molar-refractivity contribution in [2.75, 3.05) is 0 Å². The molecule has 0 radical (unpaired) electrons. The molecule has 1 aliphatic carbocycles. The maximum atomic E-state index is 13.3. The molecule has 170 valence electrons. The molecule has 1 fully saturated rings. The smallest absolute Gasteiger partial charge is 0.272 e. The number of nitrogens with zero attached hydrogens (tertiary/aromatic N) is 3. The molecule has 3 aromatic rings. The molecule has 5 nitrogen and oxygen atoms in total. The second kappa shape index (κ2) is 9.72. The molecule has 0 spiro atoms. The number of aromatic nitrogens is 3. The second-order valence-corrected chi connectivity index (χ2v) is 9.29. The van der Waals surface area contributed by atoms with Crippen LogP contribution in [0.2, 0.25) is 10.0 Å². The fourth-order valence-electron chi connectivity index (χ4n) is 4.61. The van der Waals surface area contributed by atoms with Gasteiger partial charge in [0.2, 0.25) is 0 Å². The third kappa shape index (κ3) is 4.33. The van der Waals surface area contributed by atoms with E-state index in [9.17, 15) is 4.79 Å². The highest BCUT2D eigenvalue weighted by molar-refractivity contribution is 6.42. The average molecular weight is 473 g/mol. The molecule has 0 unspecified atom stereocenters. The molecule has 2 heterocycles. The van der Waals surface area contributed by atoms with Crippen LogP contribution in [0.25, 0.3) is 11.5 Å². The minimum atomic E-state index is -0.113. The Hall–Kier alpha value is -2.24. The van der Waals surface area contributed by atoms with Crippen molar-refractivity contribution in [1.29, 1.82) is 0 Å². The SMILES string of the molecule is CCc1ccc(CC)n1-c1c(C)c(C(=O)NC2CCCCC2)nn1-c1ccc(Cl)c(Cl)c1. The van der Waals surface area contributed by atoms with Crippen LogP contribution in [-0.4, -0.2) is 26.3 Å². The maximum absolute atomic E-state index is 13.3. The highest BCUT2D eigenvalue weighted by Crippen LogP contribution is 2.30. The van der Waals surface area contributed by atoms with Gasteiger partial charge in [-0.1, -0.05) is 56.3 Å². The lowest BCUT2D eigenvalue weighted by atomic mass is 9.95. The first-order chi connectivity index (χ1) is 15.4. The van der Waals surface area contributed by atoms with Crippen molar-refractivity contribution < 1.29 is 4.79 Å². The zero-order chi connectivity index (χ0) is 22.8. The summed E-state index contributed by atoms with van der Waals surface area (Å²) in [5, 5.41) is 8.97. The van der Waals surface area contributed by atoms with E-state index in [1.807, 2.05) is 17.7 Å². The summed E-state index contributed by atoms with van der Waals surface area (Å²) in [5.74, 6) is 0.758. The second-order valence-electron chi connectivity index (χ2n) is 8.47. The van der Waals surface area contributed by atoms with Gasteiger partial charge >= 0.3 is 0 Å². The van der Waals surface area contributed by atoms with Gasteiger partial charge in [-0.15, -0.1) is 0 Å². The van der Waals surface area contributed by atoms with Crippen LogP contribution in [0.3, 0.4) is 0 Å². The number of carbonyl (C=O) groups is 1. The first-order valence-corrected chi connectivity index (χ1v) is 12.3. The molecular weight excluding hydrogens is 443 g/mol. The lowest BCUT2D eigenvalue weighted by molar-refractivity contribution is 0.0921. The van der Waals surface area contributed by atoms with Gasteiger partial charge in [0.15, 0.2) is 5.69 Å². The number of rotatable bonds is 6. The standard InChI is InChI=1S/C25H30Cl2N4O/c1-4-18-11-12-19(5-2)30(18)25-16(3)23(24(32)28-17-9-7-6-8-10-17)29-31(25)20-13-14-21(26)22(27)15-20/h11-15,17H,4-10H2,1-3H3,(H,28,32). The monoisotopic (exact) mass is 472 g/mol. The Bertz CT molecular complexity index is 1100. The van der Waals surface area contributed by atoms with Gasteiger partial charge in [-0.2, -0.15) is 5.10 Å². The molecular formula is C25H30Cl2N4O. The van der Waals surface area contributed by atoms with Gasteiger partial charge in [-0.05, 0) is 62.9 Å². The van der Waals surface area contributed by atoms with Crippen LogP contribution in [0.4, 0.5) is 0 Å². The summed E-state index contributed by atoms with van der Waals surface area (Å²) in [6.45, 7) is 6.25. The molecule has 1 amide bonds. The van der Waals surface area contributed by atoms with E-state index >= 15 is 0 Å². The van der Waals surface area contributed by atoms with E-state index in [-0.39, 0.29) is 11.9 Å². The molecule has 0 aliphatic heterocycles. The average Bonchev–Trinajstić information content (AvgIpc) is 3.36. The van der Waals surface area contributed by atoms with Crippen molar-refractivity contribution in [3.63, 3.8) is 0 Å². The summed E-state index contributed by atoms with van der Waals surface area (Å²) >= 11 is 12.5. The van der Waals surface area contributed by atoms with Crippen LogP contribution in [0.5, 0.6) is 0 Å². The molecule has 0 bridgehead atoms. The summed E-state index contributed by atoms with van der Waals surface area (Å²) < 4.78 is 4.05. The Kier molecular flexibility index (Phi) is 6.96. The summed E-state index contributed by atoms with van der Waals surface area (Å²) in [6, 6.07) is 9.95. The zero-order valence-corrected chi connectivity index (χ0v) is 20.4. The summed E-state index contributed by atoms with van der Waals surface area (Å²) in [4.78, 5) is 13.3. The van der Waals surface area contributed by atoms with Gasteiger partial charge in [0, 0.05) is 23.0 Å². The number of hydrogen-bond acceptors (Lipinski definition) is 2. The highest BCUT2D eigenvalue weighted by atomic mass is 35.5. The topological polar surface area (TPSA) is 51.9 Å². The molecule has 0 saturated heterocycles. The van der Waals surface area contributed by atoms with Gasteiger partial charge in [-0.25, -0.2) is 4.68 Å². The number of aryl methyl sites for hydroxylation is 2. The number of amides is 1. The summed E-state index contributed by atoms with van der Waals surface area (Å²) in [5.41, 5.74) is 4.42. The van der Waals surface area contributed by atoms with E-state index in [4.69, 9.17) is 28.3 Å². The number of carbonyl (C=O) groups excluding carboxylic acids is 1. The van der Waals surface area contributed by atoms with Crippen LogP contribution < -0.4 is 5.32 Å². The third-order valence-corrected chi connectivity index (χ3v) is 7.11. The van der Waals surface area contributed by atoms with E-state index in [2.05, 4.69) is 35.9 Å². The summed E-state index contributed by atoms with van der Waals surface area (Å²) in [7, 11) is 0. The fourth-order valence-corrected chi connectivity index (χ4v) is 4.90. The Balaban J connectivity index is 1.86. The van der Waals surface area contributed by atoms with Gasteiger partial charge in [0.25, 0.3) is 5.91 Å². The lowest BCUT2D eigenvalue weighted by Crippen LogP contribution is -2.36. The molecule has 4 rings (SSSR count). The molecule has 1 saturated carbocycles. The fraction of sp³-hybridized carbons (Fsp3) is 0.440. The Morgan fingerprint density at radius 2 is 1.69 bits per heavy atom. The number of nitrogens with one attached hydrogen (secondary N) is 1. The van der Waals surface area contributed by atoms with Crippen molar-refractivity contribution >= 4 is 29.1 Å². The number of benzene rings is 1. The van der Waals surface area contributed by atoms with E-state index < -0.39 is 0 Å². The molecule has 2 aromatic heterocycles. The molecule has 0 atom stereocenters. The normalized spacial score (nSPS) is 14.7. The van der Waals surface area contributed by atoms with Crippen molar-refractivity contribution in [3.8, 4) is 11.5 Å². The zero-order valence-electron chi connectivity index (χ0n) is 18.9. The van der Waals surface area contributed by atoms with Crippen LogP contribution >= 0.6 is 23.2 Å². The first kappa shape index (κ1) is 22.9. The van der Waals surface area contributed by atoms with Crippen molar-refractivity contribution in [1.82, 2.24) is 19.7 Å². The maximum Gasteiger partial charge on any atom is 0.272 e. The van der Waals surface area contributed by atoms with Gasteiger partial charge in [0.05, 0.1) is 15.7 Å². The predicted octanol–water partition coefficient (Wildman–Crippen LogP) is 6.47. The molecule has 1 aliphatic rings. The Morgan fingerprint density at radius 3 is 2.28 bits per heavy atom. The van der Waals surface area contributed by atoms with Crippen LogP contribution in [-0.2, 0) is 12.8 Å². The Labute approximate surface area is 199 Å². The van der Waals surface area contributed by atoms with Crippen LogP contribution in [0, 0.1) is 6.92 Å². The molecule has 1 N–H and O–H groups in total. The molecule has 32 heavy (non-hydrogen) atoms. The van der Waals surface area contributed by atoms with Gasteiger partial charge in [-0.3, -0.25) is 4.79 Å². The summed E-state index contributed by atoms with van der Waals surface area (Å²) in [6.07, 6.45) is 7.37. The number of hydrogen-bond donors (Lipinski definition) is 1. The first-order valence-electron chi connectivity index (χ1n) is 11.5. The van der Waals surface area contributed by atoms with E-state index in [0.717, 1.165) is 55.6 Å². The Morgan fingerprint density at radius 1 is 1.03 bits per heavy atom. The van der Waals surface area contributed by atoms with E-state index in [1.54, 1.807) is 12.1 Å². The van der Waals surface area contributed by atoms with Gasteiger partial charge in [0.1, 0.15) is 5.82 Å². The molecule has 7 heteroatoms. The van der Waals surface area contributed by atoms with Crippen LogP contribution in [0.15, 0.2) is 30.3 Å². The minimum absolute atomic E-state index is 0.113. The van der Waals surface area contributed by atoms with Crippen LogP contribution in [0.1, 0.15) is 73.4 Å². The molecule has 1 aromatic carbocycles. The van der Waals surface area contributed by atoms with E-state index in [0.29, 0.717) is 15.7 Å². The van der Waals surface area contributed by atoms with Crippen molar-refractivity contribution in [2.45, 2.75) is 71.8 Å². The predicted molar refractivity (Wildman–Crippen MR) is 131 cm³/mol. The van der Waals surface area contributed by atoms with Crippen molar-refractivity contribution in [3.05, 3.63) is 63.0 Å².